The lowest BCUT2D eigenvalue weighted by Gasteiger charge is -2.07. The van der Waals surface area contributed by atoms with Gasteiger partial charge in [0.15, 0.2) is 11.6 Å². The summed E-state index contributed by atoms with van der Waals surface area (Å²) >= 11 is 0. The molecule has 2 rings (SSSR count). The van der Waals surface area contributed by atoms with Crippen molar-refractivity contribution in [3.63, 3.8) is 0 Å². The average Bonchev–Trinajstić information content (AvgIpc) is 3.14. The first-order valence-electron chi connectivity index (χ1n) is 6.21. The first kappa shape index (κ1) is 13.0. The Morgan fingerprint density at radius 1 is 1.31 bits per heavy atom. The van der Waals surface area contributed by atoms with E-state index in [-0.39, 0.29) is 5.82 Å². The summed E-state index contributed by atoms with van der Waals surface area (Å²) in [7, 11) is 0. The lowest BCUT2D eigenvalue weighted by Crippen LogP contribution is -2.01. The van der Waals surface area contributed by atoms with Gasteiger partial charge in [-0.3, -0.25) is 0 Å². The van der Waals surface area contributed by atoms with E-state index < -0.39 is 0 Å². The van der Waals surface area contributed by atoms with E-state index in [1.807, 2.05) is 26.8 Å². The number of rotatable bonds is 4. The van der Waals surface area contributed by atoms with Crippen molar-refractivity contribution in [3.05, 3.63) is 29.6 Å². The molecule has 1 aromatic rings. The zero-order valence-corrected chi connectivity index (χ0v) is 10.4. The van der Waals surface area contributed by atoms with E-state index in [1.54, 1.807) is 12.1 Å². The van der Waals surface area contributed by atoms with E-state index in [0.717, 1.165) is 12.0 Å². The van der Waals surface area contributed by atoms with Crippen molar-refractivity contribution < 1.29 is 9.13 Å². The topological polar surface area (TPSA) is 9.23 Å². The van der Waals surface area contributed by atoms with Crippen LogP contribution in [0.1, 0.15) is 39.2 Å². The number of ether oxygens (including phenoxy) is 1. The van der Waals surface area contributed by atoms with Crippen LogP contribution in [-0.4, -0.2) is 6.61 Å². The molecule has 0 radical (unpaired) electrons. The van der Waals surface area contributed by atoms with E-state index in [2.05, 4.69) is 0 Å². The Labute approximate surface area is 97.6 Å². The molecule has 1 aliphatic rings. The third-order valence-corrected chi connectivity index (χ3v) is 2.58. The number of halogens is 1. The van der Waals surface area contributed by atoms with Crippen LogP contribution < -0.4 is 4.74 Å². The molecule has 1 fully saturated rings. The highest BCUT2D eigenvalue weighted by Crippen LogP contribution is 2.30. The summed E-state index contributed by atoms with van der Waals surface area (Å²) in [5, 5.41) is 0. The Bertz CT molecular complexity index is 319. The Kier molecular flexibility index (Phi) is 5.30. The predicted octanol–water partition coefficient (Wildman–Crippen LogP) is 4.20. The van der Waals surface area contributed by atoms with Crippen LogP contribution in [0.5, 0.6) is 5.75 Å². The molecule has 0 atom stereocenters. The van der Waals surface area contributed by atoms with E-state index in [0.29, 0.717) is 18.3 Å². The van der Waals surface area contributed by atoms with Gasteiger partial charge in [0.1, 0.15) is 0 Å². The zero-order valence-electron chi connectivity index (χ0n) is 10.4. The van der Waals surface area contributed by atoms with Crippen molar-refractivity contribution in [1.82, 2.24) is 0 Å². The summed E-state index contributed by atoms with van der Waals surface area (Å²) in [4.78, 5) is 0. The molecule has 1 saturated carbocycles. The Balaban J connectivity index is 0.000000606. The van der Waals surface area contributed by atoms with Gasteiger partial charge >= 0.3 is 0 Å². The average molecular weight is 224 g/mol. The highest BCUT2D eigenvalue weighted by molar-refractivity contribution is 5.29. The van der Waals surface area contributed by atoms with Crippen molar-refractivity contribution in [1.29, 1.82) is 0 Å². The quantitative estimate of drug-likeness (QED) is 0.744. The van der Waals surface area contributed by atoms with E-state index in [9.17, 15) is 4.39 Å². The summed E-state index contributed by atoms with van der Waals surface area (Å²) in [5.74, 6) is 0.833. The van der Waals surface area contributed by atoms with Gasteiger partial charge in [0.05, 0.1) is 6.61 Å². The van der Waals surface area contributed by atoms with E-state index in [4.69, 9.17) is 4.74 Å². The van der Waals surface area contributed by atoms with E-state index >= 15 is 0 Å². The molecule has 0 aliphatic heterocycles. The van der Waals surface area contributed by atoms with Gasteiger partial charge in [0, 0.05) is 0 Å². The summed E-state index contributed by atoms with van der Waals surface area (Å²) < 4.78 is 18.8. The van der Waals surface area contributed by atoms with Crippen molar-refractivity contribution in [2.24, 2.45) is 5.92 Å². The summed E-state index contributed by atoms with van der Waals surface area (Å²) in [6.45, 7) is 6.68. The summed E-state index contributed by atoms with van der Waals surface area (Å²) in [5.41, 5.74) is 1.02. The Morgan fingerprint density at radius 3 is 2.50 bits per heavy atom. The van der Waals surface area contributed by atoms with Gasteiger partial charge in [-0.15, -0.1) is 0 Å². The van der Waals surface area contributed by atoms with Gasteiger partial charge in [-0.1, -0.05) is 26.8 Å². The maximum absolute atomic E-state index is 13.4. The number of aryl methyl sites for hydroxylation is 1. The maximum Gasteiger partial charge on any atom is 0.165 e. The fraction of sp³-hybridized carbons (Fsp3) is 0.571. The molecule has 0 N–H and O–H groups in total. The highest BCUT2D eigenvalue weighted by atomic mass is 19.1. The molecule has 0 heterocycles. The van der Waals surface area contributed by atoms with Crippen molar-refractivity contribution in [2.75, 3.05) is 6.61 Å². The van der Waals surface area contributed by atoms with Gasteiger partial charge in [0.25, 0.3) is 0 Å². The fourth-order valence-electron chi connectivity index (χ4n) is 1.37. The number of hydrogen-bond donors (Lipinski definition) is 0. The molecule has 0 aromatic heterocycles. The maximum atomic E-state index is 13.4. The molecule has 0 unspecified atom stereocenters. The predicted molar refractivity (Wildman–Crippen MR) is 65.3 cm³/mol. The van der Waals surface area contributed by atoms with Gasteiger partial charge in [-0.05, 0) is 42.9 Å². The second-order valence-electron chi connectivity index (χ2n) is 3.87. The van der Waals surface area contributed by atoms with Crippen LogP contribution in [0.3, 0.4) is 0 Å². The molecule has 0 saturated heterocycles. The van der Waals surface area contributed by atoms with Gasteiger partial charge < -0.3 is 4.74 Å². The number of hydrogen-bond acceptors (Lipinski definition) is 1. The molecule has 16 heavy (non-hydrogen) atoms. The van der Waals surface area contributed by atoms with Gasteiger partial charge in [0.2, 0.25) is 0 Å². The molecular weight excluding hydrogens is 203 g/mol. The first-order chi connectivity index (χ1) is 7.79. The summed E-state index contributed by atoms with van der Waals surface area (Å²) in [6.07, 6.45) is 3.32. The third kappa shape index (κ3) is 3.84. The van der Waals surface area contributed by atoms with Crippen LogP contribution in [0, 0.1) is 11.7 Å². The SMILES string of the molecule is CC.CCc1ccc(OCC2CC2)c(F)c1. The van der Waals surface area contributed by atoms with Crippen LogP contribution >= 0.6 is 0 Å². The molecule has 1 nitrogen and oxygen atoms in total. The van der Waals surface area contributed by atoms with Crippen LogP contribution in [0.2, 0.25) is 0 Å². The zero-order chi connectivity index (χ0) is 12.0. The summed E-state index contributed by atoms with van der Waals surface area (Å²) in [6, 6.07) is 5.21. The number of benzene rings is 1. The van der Waals surface area contributed by atoms with Crippen LogP contribution in [0.15, 0.2) is 18.2 Å². The molecular formula is C14H21FO. The molecule has 0 bridgehead atoms. The minimum absolute atomic E-state index is 0.231. The lowest BCUT2D eigenvalue weighted by molar-refractivity contribution is 0.285. The third-order valence-electron chi connectivity index (χ3n) is 2.58. The Hall–Kier alpha value is -1.05. The minimum atomic E-state index is -0.231. The molecule has 1 aromatic carbocycles. The van der Waals surface area contributed by atoms with Crippen LogP contribution in [0.25, 0.3) is 0 Å². The standard InChI is InChI=1S/C12H15FO.C2H6/c1-2-9-5-6-12(11(13)7-9)14-8-10-3-4-10;1-2/h5-7,10H,2-4,8H2,1H3;1-2H3. The Morgan fingerprint density at radius 2 is 2.00 bits per heavy atom. The molecule has 0 spiro atoms. The largest absolute Gasteiger partial charge is 0.490 e. The molecule has 1 aliphatic carbocycles. The second-order valence-corrected chi connectivity index (χ2v) is 3.87. The van der Waals surface area contributed by atoms with Crippen molar-refractivity contribution >= 4 is 0 Å². The lowest BCUT2D eigenvalue weighted by atomic mass is 10.1. The van der Waals surface area contributed by atoms with Crippen molar-refractivity contribution in [2.45, 2.75) is 40.0 Å². The first-order valence-corrected chi connectivity index (χ1v) is 6.21. The normalized spacial score (nSPS) is 14.0. The monoisotopic (exact) mass is 224 g/mol. The van der Waals surface area contributed by atoms with Crippen LogP contribution in [-0.2, 0) is 6.42 Å². The van der Waals surface area contributed by atoms with E-state index in [1.165, 1.54) is 12.8 Å². The van der Waals surface area contributed by atoms with Crippen LogP contribution in [0.4, 0.5) is 4.39 Å². The van der Waals surface area contributed by atoms with Crippen molar-refractivity contribution in [3.8, 4) is 5.75 Å². The fourth-order valence-corrected chi connectivity index (χ4v) is 1.37. The molecule has 0 amide bonds. The van der Waals surface area contributed by atoms with Gasteiger partial charge in [-0.2, -0.15) is 0 Å². The van der Waals surface area contributed by atoms with Gasteiger partial charge in [-0.25, -0.2) is 4.39 Å². The second kappa shape index (κ2) is 6.51. The molecule has 90 valence electrons. The minimum Gasteiger partial charge on any atom is -0.490 e. The highest BCUT2D eigenvalue weighted by Gasteiger charge is 2.22. The smallest absolute Gasteiger partial charge is 0.165 e. The molecule has 2 heteroatoms.